The monoisotopic (exact) mass is 189 g/mol. The second kappa shape index (κ2) is 3.15. The molecule has 0 radical (unpaired) electrons. The van der Waals surface area contributed by atoms with Gasteiger partial charge in [0.2, 0.25) is 0 Å². The van der Waals surface area contributed by atoms with Gasteiger partial charge >= 0.3 is 0 Å². The van der Waals surface area contributed by atoms with E-state index in [2.05, 4.69) is 12.2 Å². The maximum atomic E-state index is 12.8. The van der Waals surface area contributed by atoms with Gasteiger partial charge in [0.15, 0.2) is 0 Å². The van der Waals surface area contributed by atoms with Gasteiger partial charge in [0.25, 0.3) is 0 Å². The maximum absolute atomic E-state index is 12.8. The molecule has 0 bridgehead atoms. The first-order valence-corrected chi connectivity index (χ1v) is 3.65. The Hall–Kier alpha value is -0.670. The summed E-state index contributed by atoms with van der Waals surface area (Å²) < 4.78 is 12.8. The van der Waals surface area contributed by atoms with E-state index in [4.69, 9.17) is 17.3 Å². The standard InChI is InChI=1S/C7H5ClFNS/c8-4-2-1-3-5(9)6(4)7(10)11/h1-3H,(H2,10,11). The molecule has 0 aliphatic heterocycles. The molecule has 1 aromatic carbocycles. The molecule has 0 aliphatic carbocycles. The van der Waals surface area contributed by atoms with Crippen molar-refractivity contribution in [2.24, 2.45) is 5.73 Å². The normalized spacial score (nSPS) is 9.64. The molecule has 0 fully saturated rings. The summed E-state index contributed by atoms with van der Waals surface area (Å²) >= 11 is 10.2. The lowest BCUT2D eigenvalue weighted by Crippen LogP contribution is -2.12. The minimum atomic E-state index is -0.481. The van der Waals surface area contributed by atoms with Crippen LogP contribution in [0.1, 0.15) is 5.56 Å². The Morgan fingerprint density at radius 3 is 2.55 bits per heavy atom. The van der Waals surface area contributed by atoms with Gasteiger partial charge in [-0.25, -0.2) is 4.39 Å². The quantitative estimate of drug-likeness (QED) is 0.685. The smallest absolute Gasteiger partial charge is 0.134 e. The van der Waals surface area contributed by atoms with Crippen molar-refractivity contribution < 1.29 is 4.39 Å². The molecule has 2 N–H and O–H groups in total. The first-order valence-electron chi connectivity index (χ1n) is 2.86. The fraction of sp³-hybridized carbons (Fsp3) is 0. The Morgan fingerprint density at radius 1 is 1.55 bits per heavy atom. The van der Waals surface area contributed by atoms with E-state index < -0.39 is 5.82 Å². The lowest BCUT2D eigenvalue weighted by Gasteiger charge is -2.01. The van der Waals surface area contributed by atoms with Crippen molar-refractivity contribution in [1.82, 2.24) is 0 Å². The summed E-state index contributed by atoms with van der Waals surface area (Å²) in [5.41, 5.74) is 5.34. The summed E-state index contributed by atoms with van der Waals surface area (Å²) in [7, 11) is 0. The van der Waals surface area contributed by atoms with Crippen LogP contribution in [-0.4, -0.2) is 4.99 Å². The first kappa shape index (κ1) is 8.43. The molecule has 0 saturated heterocycles. The van der Waals surface area contributed by atoms with E-state index >= 15 is 0 Å². The molecule has 0 aromatic heterocycles. The van der Waals surface area contributed by atoms with Crippen LogP contribution < -0.4 is 5.73 Å². The van der Waals surface area contributed by atoms with E-state index in [-0.39, 0.29) is 15.6 Å². The summed E-state index contributed by atoms with van der Waals surface area (Å²) in [6.07, 6.45) is 0. The van der Waals surface area contributed by atoms with Crippen LogP contribution in [0, 0.1) is 5.82 Å². The van der Waals surface area contributed by atoms with Gasteiger partial charge in [-0.2, -0.15) is 0 Å². The molecule has 0 heterocycles. The number of nitrogens with two attached hydrogens (primary N) is 1. The third kappa shape index (κ3) is 1.67. The van der Waals surface area contributed by atoms with Crippen LogP contribution in [0.2, 0.25) is 5.02 Å². The Labute approximate surface area is 74.0 Å². The Kier molecular flexibility index (Phi) is 2.42. The summed E-state index contributed by atoms with van der Waals surface area (Å²) in [6, 6.07) is 4.30. The van der Waals surface area contributed by atoms with Crippen molar-refractivity contribution in [1.29, 1.82) is 0 Å². The van der Waals surface area contributed by atoms with E-state index in [0.717, 1.165) is 0 Å². The Bertz CT molecular complexity index is 280. The van der Waals surface area contributed by atoms with Gasteiger partial charge in [-0.05, 0) is 12.1 Å². The molecule has 1 nitrogen and oxygen atoms in total. The second-order valence-corrected chi connectivity index (χ2v) is 2.81. The highest BCUT2D eigenvalue weighted by molar-refractivity contribution is 7.80. The third-order valence-corrected chi connectivity index (χ3v) is 1.73. The van der Waals surface area contributed by atoms with Gasteiger partial charge in [-0.3, -0.25) is 0 Å². The molecule has 0 amide bonds. The molecule has 0 unspecified atom stereocenters. The molecule has 1 aromatic rings. The van der Waals surface area contributed by atoms with Gasteiger partial charge in [0.05, 0.1) is 10.6 Å². The van der Waals surface area contributed by atoms with Gasteiger partial charge in [0, 0.05) is 0 Å². The van der Waals surface area contributed by atoms with Crippen molar-refractivity contribution in [3.05, 3.63) is 34.6 Å². The summed E-state index contributed by atoms with van der Waals surface area (Å²) in [6.45, 7) is 0. The Balaban J connectivity index is 3.32. The van der Waals surface area contributed by atoms with Gasteiger partial charge in [-0.1, -0.05) is 29.9 Å². The predicted octanol–water partition coefficient (Wildman–Crippen LogP) is 2.11. The average molecular weight is 190 g/mol. The molecular weight excluding hydrogens is 185 g/mol. The highest BCUT2D eigenvalue weighted by Gasteiger charge is 2.07. The Morgan fingerprint density at radius 2 is 2.18 bits per heavy atom. The molecule has 0 saturated carbocycles. The van der Waals surface area contributed by atoms with Crippen LogP contribution in [0.25, 0.3) is 0 Å². The molecule has 0 atom stereocenters. The van der Waals surface area contributed by atoms with E-state index in [1.807, 2.05) is 0 Å². The molecule has 0 spiro atoms. The van der Waals surface area contributed by atoms with Crippen LogP contribution in [0.5, 0.6) is 0 Å². The zero-order valence-electron chi connectivity index (χ0n) is 5.47. The fourth-order valence-corrected chi connectivity index (χ4v) is 1.26. The van der Waals surface area contributed by atoms with Crippen LogP contribution in [0.3, 0.4) is 0 Å². The van der Waals surface area contributed by atoms with Crippen LogP contribution in [-0.2, 0) is 0 Å². The average Bonchev–Trinajstić information content (AvgIpc) is 1.85. The molecule has 11 heavy (non-hydrogen) atoms. The molecule has 58 valence electrons. The molecule has 0 aliphatic rings. The van der Waals surface area contributed by atoms with Crippen molar-refractivity contribution in [3.8, 4) is 0 Å². The minimum absolute atomic E-state index is 0.0203. The zero-order valence-corrected chi connectivity index (χ0v) is 7.05. The maximum Gasteiger partial charge on any atom is 0.134 e. The predicted molar refractivity (Wildman–Crippen MR) is 47.3 cm³/mol. The number of hydrogen-bond acceptors (Lipinski definition) is 1. The number of hydrogen-bond donors (Lipinski definition) is 1. The molecule has 1 rings (SSSR count). The summed E-state index contributed by atoms with van der Waals surface area (Å²) in [5.74, 6) is -0.481. The van der Waals surface area contributed by atoms with Crippen LogP contribution >= 0.6 is 23.8 Å². The van der Waals surface area contributed by atoms with E-state index in [0.29, 0.717) is 0 Å². The van der Waals surface area contributed by atoms with Crippen molar-refractivity contribution >= 4 is 28.8 Å². The summed E-state index contributed by atoms with van der Waals surface area (Å²) in [5, 5.41) is 0.248. The lowest BCUT2D eigenvalue weighted by atomic mass is 10.2. The second-order valence-electron chi connectivity index (χ2n) is 1.96. The van der Waals surface area contributed by atoms with Gasteiger partial charge in [-0.15, -0.1) is 0 Å². The molecular formula is C7H5ClFNS. The highest BCUT2D eigenvalue weighted by atomic mass is 35.5. The van der Waals surface area contributed by atoms with Gasteiger partial charge in [0.1, 0.15) is 10.8 Å². The van der Waals surface area contributed by atoms with E-state index in [9.17, 15) is 4.39 Å². The number of benzene rings is 1. The van der Waals surface area contributed by atoms with Crippen molar-refractivity contribution in [2.75, 3.05) is 0 Å². The largest absolute Gasteiger partial charge is 0.389 e. The molecule has 4 heteroatoms. The third-order valence-electron chi connectivity index (χ3n) is 1.21. The van der Waals surface area contributed by atoms with E-state index in [1.54, 1.807) is 6.07 Å². The minimum Gasteiger partial charge on any atom is -0.389 e. The van der Waals surface area contributed by atoms with E-state index in [1.165, 1.54) is 12.1 Å². The SMILES string of the molecule is NC(=S)c1c(F)cccc1Cl. The lowest BCUT2D eigenvalue weighted by molar-refractivity contribution is 0.625. The topological polar surface area (TPSA) is 26.0 Å². The first-order chi connectivity index (χ1) is 5.13. The highest BCUT2D eigenvalue weighted by Crippen LogP contribution is 2.18. The van der Waals surface area contributed by atoms with Crippen molar-refractivity contribution in [3.63, 3.8) is 0 Å². The summed E-state index contributed by atoms with van der Waals surface area (Å²) in [4.78, 5) is -0.0203. The van der Waals surface area contributed by atoms with Crippen molar-refractivity contribution in [2.45, 2.75) is 0 Å². The van der Waals surface area contributed by atoms with Crippen LogP contribution in [0.15, 0.2) is 18.2 Å². The zero-order chi connectivity index (χ0) is 8.43. The fourth-order valence-electron chi connectivity index (χ4n) is 0.733. The number of thiocarbonyl (C=S) groups is 1. The number of rotatable bonds is 1. The van der Waals surface area contributed by atoms with Gasteiger partial charge < -0.3 is 5.73 Å². The van der Waals surface area contributed by atoms with Crippen LogP contribution in [0.4, 0.5) is 4.39 Å². The number of halogens is 2.